The molecule has 2 saturated heterocycles. The minimum absolute atomic E-state index is 0.113. The summed E-state index contributed by atoms with van der Waals surface area (Å²) < 4.78 is 22.7. The van der Waals surface area contributed by atoms with Gasteiger partial charge in [-0.05, 0) is 62.4 Å². The van der Waals surface area contributed by atoms with Crippen molar-refractivity contribution in [2.24, 2.45) is 5.92 Å². The van der Waals surface area contributed by atoms with E-state index < -0.39 is 5.82 Å². The lowest BCUT2D eigenvalue weighted by Crippen LogP contribution is -2.55. The molecule has 9 nitrogen and oxygen atoms in total. The Kier molecular flexibility index (Phi) is 7.78. The first kappa shape index (κ1) is 28.0. The predicted molar refractivity (Wildman–Crippen MR) is 159 cm³/mol. The molecular weight excluding hydrogens is 533 g/mol. The molecule has 2 unspecified atom stereocenters. The molecule has 3 aliphatic rings. The van der Waals surface area contributed by atoms with E-state index >= 15 is 4.39 Å². The van der Waals surface area contributed by atoms with E-state index in [1.54, 1.807) is 11.1 Å². The van der Waals surface area contributed by atoms with Crippen LogP contribution >= 0.6 is 0 Å². The Balaban J connectivity index is 1.42. The number of nitrogens with zero attached hydrogens (tertiary/aromatic N) is 7. The van der Waals surface area contributed by atoms with E-state index in [0.717, 1.165) is 43.4 Å². The van der Waals surface area contributed by atoms with Crippen molar-refractivity contribution in [1.29, 1.82) is 5.26 Å². The summed E-state index contributed by atoms with van der Waals surface area (Å²) in [5.74, 6) is 0.281. The number of nitriles is 1. The second-order valence-electron chi connectivity index (χ2n) is 11.8. The van der Waals surface area contributed by atoms with E-state index in [4.69, 9.17) is 9.72 Å². The summed E-state index contributed by atoms with van der Waals surface area (Å²) in [5.41, 5.74) is 3.63. The van der Waals surface area contributed by atoms with Gasteiger partial charge in [0, 0.05) is 37.4 Å². The highest BCUT2D eigenvalue weighted by Crippen LogP contribution is 2.38. The number of halogens is 1. The van der Waals surface area contributed by atoms with Crippen molar-refractivity contribution < 1.29 is 13.9 Å². The van der Waals surface area contributed by atoms with Gasteiger partial charge in [0.25, 0.3) is 0 Å². The van der Waals surface area contributed by atoms with Crippen LogP contribution in [0.2, 0.25) is 0 Å². The van der Waals surface area contributed by atoms with E-state index in [0.29, 0.717) is 43.4 Å². The van der Waals surface area contributed by atoms with Crippen molar-refractivity contribution in [2.45, 2.75) is 51.1 Å². The summed E-state index contributed by atoms with van der Waals surface area (Å²) in [7, 11) is 2.07. The monoisotopic (exact) mass is 569 g/mol. The number of aromatic nitrogens is 3. The van der Waals surface area contributed by atoms with Gasteiger partial charge >= 0.3 is 6.01 Å². The normalized spacial score (nSPS) is 22.3. The molecule has 0 saturated carbocycles. The number of ether oxygens (including phenoxy) is 1. The Labute approximate surface area is 245 Å². The van der Waals surface area contributed by atoms with Crippen LogP contribution in [0.15, 0.2) is 37.1 Å². The molecule has 42 heavy (non-hydrogen) atoms. The number of carbonyl (C=O) groups excluding carboxylic acids is 1. The van der Waals surface area contributed by atoms with E-state index in [2.05, 4.69) is 47.6 Å². The number of piperazine rings is 1. The van der Waals surface area contributed by atoms with Crippen molar-refractivity contribution in [3.8, 4) is 23.3 Å². The van der Waals surface area contributed by atoms with Crippen molar-refractivity contribution >= 4 is 22.6 Å². The maximum Gasteiger partial charge on any atom is 0.319 e. The van der Waals surface area contributed by atoms with Gasteiger partial charge in [0.2, 0.25) is 5.91 Å². The van der Waals surface area contributed by atoms with Gasteiger partial charge in [-0.1, -0.05) is 31.7 Å². The van der Waals surface area contributed by atoms with Crippen LogP contribution < -0.4 is 9.64 Å². The standard InChI is InChI=1S/C32H36FN7O2/c1-4-27(41)40-14-13-39(18-22(40)10-11-34)31-26-17-35-29(24-9-5-7-21-15-20(2)16-25(21)24)28(33)30(26)36-32(37-31)42-19-23-8-6-12-38(23)3/h4-5,7,9,17,20,22-23H,1,6,8,10,12-16,18-19H2,2-3H3/t20?,22-,23?/m0/s1. The SMILES string of the molecule is C=CC(=O)N1CCN(c2nc(OCC3CCCN3C)nc3c(F)c(-c4cccc5c4CC(C)C5)ncc23)C[C@@H]1CC#N. The number of pyridine rings is 1. The molecule has 0 bridgehead atoms. The fourth-order valence-electron chi connectivity index (χ4n) is 6.70. The van der Waals surface area contributed by atoms with E-state index in [9.17, 15) is 10.1 Å². The number of amides is 1. The number of hydrogen-bond donors (Lipinski definition) is 0. The van der Waals surface area contributed by atoms with Gasteiger partial charge in [-0.2, -0.15) is 15.2 Å². The van der Waals surface area contributed by atoms with Crippen LogP contribution in [0.4, 0.5) is 10.2 Å². The van der Waals surface area contributed by atoms with Crippen molar-refractivity contribution in [2.75, 3.05) is 44.7 Å². The Morgan fingerprint density at radius 2 is 2.10 bits per heavy atom. The van der Waals surface area contributed by atoms with E-state index in [1.165, 1.54) is 11.6 Å². The number of hydrogen-bond acceptors (Lipinski definition) is 8. The highest BCUT2D eigenvalue weighted by Gasteiger charge is 2.32. The molecule has 1 aromatic carbocycles. The third-order valence-corrected chi connectivity index (χ3v) is 8.94. The molecule has 3 atom stereocenters. The first-order chi connectivity index (χ1) is 20.4. The molecule has 6 rings (SSSR count). The van der Waals surface area contributed by atoms with Gasteiger partial charge in [-0.15, -0.1) is 0 Å². The summed E-state index contributed by atoms with van der Waals surface area (Å²) >= 11 is 0. The lowest BCUT2D eigenvalue weighted by Gasteiger charge is -2.41. The smallest absolute Gasteiger partial charge is 0.319 e. The first-order valence-corrected chi connectivity index (χ1v) is 14.7. The molecule has 4 heterocycles. The minimum atomic E-state index is -0.499. The molecule has 2 aliphatic heterocycles. The fourth-order valence-corrected chi connectivity index (χ4v) is 6.70. The molecule has 2 aromatic heterocycles. The third-order valence-electron chi connectivity index (χ3n) is 8.94. The second kappa shape index (κ2) is 11.6. The van der Waals surface area contributed by atoms with Crippen molar-refractivity contribution in [1.82, 2.24) is 24.8 Å². The van der Waals surface area contributed by atoms with Gasteiger partial charge in [0.15, 0.2) is 5.82 Å². The zero-order valence-corrected chi connectivity index (χ0v) is 24.2. The number of likely N-dealkylation sites (tertiary alicyclic amines) is 1. The zero-order chi connectivity index (χ0) is 29.4. The molecule has 0 spiro atoms. The second-order valence-corrected chi connectivity index (χ2v) is 11.8. The third kappa shape index (κ3) is 5.18. The quantitative estimate of drug-likeness (QED) is 0.392. The number of anilines is 1. The molecular formula is C32H36FN7O2. The number of rotatable bonds is 7. The maximum atomic E-state index is 16.5. The van der Waals surface area contributed by atoms with Crippen molar-refractivity contribution in [3.63, 3.8) is 0 Å². The van der Waals surface area contributed by atoms with E-state index in [-0.39, 0.29) is 41.6 Å². The Hall–Kier alpha value is -4.10. The molecule has 0 radical (unpaired) electrons. The van der Waals surface area contributed by atoms with Gasteiger partial charge in [0.1, 0.15) is 23.6 Å². The molecule has 1 aliphatic carbocycles. The summed E-state index contributed by atoms with van der Waals surface area (Å²) in [6.45, 7) is 8.43. The van der Waals surface area contributed by atoms with Crippen LogP contribution in [-0.4, -0.2) is 82.6 Å². The number of carbonyl (C=O) groups is 1. The Morgan fingerprint density at radius 3 is 2.86 bits per heavy atom. The van der Waals surface area contributed by atoms with Gasteiger partial charge in [-0.25, -0.2) is 4.39 Å². The molecule has 218 valence electrons. The predicted octanol–water partition coefficient (Wildman–Crippen LogP) is 4.16. The van der Waals surface area contributed by atoms with Crippen LogP contribution in [0.3, 0.4) is 0 Å². The molecule has 0 N–H and O–H groups in total. The van der Waals surface area contributed by atoms with Crippen LogP contribution in [-0.2, 0) is 17.6 Å². The minimum Gasteiger partial charge on any atom is -0.462 e. The lowest BCUT2D eigenvalue weighted by molar-refractivity contribution is -0.128. The van der Waals surface area contributed by atoms with Crippen LogP contribution in [0.1, 0.15) is 37.3 Å². The molecule has 10 heteroatoms. The number of benzene rings is 1. The van der Waals surface area contributed by atoms with Gasteiger partial charge in [0.05, 0.1) is 23.9 Å². The Morgan fingerprint density at radius 1 is 1.24 bits per heavy atom. The summed E-state index contributed by atoms with van der Waals surface area (Å²) in [5, 5.41) is 9.95. The number of likely N-dealkylation sites (N-methyl/N-ethyl adjacent to an activating group) is 1. The number of fused-ring (bicyclic) bond motifs is 2. The topological polar surface area (TPSA) is 98.5 Å². The van der Waals surface area contributed by atoms with Crippen LogP contribution in [0.25, 0.3) is 22.2 Å². The average molecular weight is 570 g/mol. The summed E-state index contributed by atoms with van der Waals surface area (Å²) in [4.78, 5) is 32.4. The van der Waals surface area contributed by atoms with E-state index in [1.807, 2.05) is 17.0 Å². The summed E-state index contributed by atoms with van der Waals surface area (Å²) in [6, 6.07) is 8.21. The van der Waals surface area contributed by atoms with Crippen LogP contribution in [0, 0.1) is 23.1 Å². The zero-order valence-electron chi connectivity index (χ0n) is 24.2. The maximum absolute atomic E-state index is 16.5. The summed E-state index contributed by atoms with van der Waals surface area (Å²) in [6.07, 6.45) is 7.06. The lowest BCUT2D eigenvalue weighted by atomic mass is 9.99. The Bertz CT molecular complexity index is 1570. The largest absolute Gasteiger partial charge is 0.462 e. The average Bonchev–Trinajstić information content (AvgIpc) is 3.59. The highest BCUT2D eigenvalue weighted by atomic mass is 19.1. The van der Waals surface area contributed by atoms with Gasteiger partial charge in [-0.3, -0.25) is 9.78 Å². The van der Waals surface area contributed by atoms with Crippen molar-refractivity contribution in [3.05, 3.63) is 54.0 Å². The molecule has 1 amide bonds. The highest BCUT2D eigenvalue weighted by molar-refractivity contribution is 5.93. The molecule has 3 aromatic rings. The molecule has 2 fully saturated rings. The van der Waals surface area contributed by atoms with Gasteiger partial charge < -0.3 is 19.4 Å². The van der Waals surface area contributed by atoms with Crippen LogP contribution in [0.5, 0.6) is 6.01 Å². The first-order valence-electron chi connectivity index (χ1n) is 14.7. The fraction of sp³-hybridized carbons (Fsp3) is 0.469.